The monoisotopic (exact) mass is 434 g/mol. The van der Waals surface area contributed by atoms with Crippen LogP contribution in [-0.2, 0) is 37.4 Å². The zero-order chi connectivity index (χ0) is 17.8. The average Bonchev–Trinajstić information content (AvgIpc) is 3.11. The minimum Gasteiger partial charge on any atom is -0.507 e. The summed E-state index contributed by atoms with van der Waals surface area (Å²) in [5, 5.41) is 2.60. The number of methoxy groups -OCH3 is 1. The Labute approximate surface area is 183 Å². The van der Waals surface area contributed by atoms with Crippen molar-refractivity contribution >= 4 is 22.8 Å². The molecule has 0 fully saturated rings. The molecule has 5 heteroatoms. The largest absolute Gasteiger partial charge is 0.507 e. The van der Waals surface area contributed by atoms with E-state index in [0.29, 0.717) is 16.5 Å². The van der Waals surface area contributed by atoms with Crippen LogP contribution >= 0.6 is 11.3 Å². The van der Waals surface area contributed by atoms with Crippen molar-refractivity contribution in [3.8, 4) is 11.3 Å². The molecule has 3 aromatic rings. The third kappa shape index (κ3) is 4.12. The summed E-state index contributed by atoms with van der Waals surface area (Å²) in [4.78, 5) is 8.38. The van der Waals surface area contributed by atoms with Crippen molar-refractivity contribution in [3.05, 3.63) is 87.0 Å². The Kier molecular flexibility index (Phi) is 7.28. The molecule has 127 valence electrons. The second kappa shape index (κ2) is 9.23. The van der Waals surface area contributed by atoms with E-state index >= 15 is 0 Å². The molecule has 0 aliphatic heterocycles. The first-order valence-electron chi connectivity index (χ1n) is 7.81. The molecule has 0 unspecified atom stereocenters. The minimum atomic E-state index is 0. The minimum absolute atomic E-state index is 0. The van der Waals surface area contributed by atoms with Gasteiger partial charge in [-0.1, -0.05) is 18.2 Å². The predicted octanol–water partition coefficient (Wildman–Crippen LogP) is 5.62. The molecule has 0 spiro atoms. The van der Waals surface area contributed by atoms with Crippen LogP contribution in [0, 0.1) is 26.5 Å². The number of aromatic nitrogens is 1. The topological polar surface area (TPSA) is 26.5 Å². The van der Waals surface area contributed by atoms with Gasteiger partial charge < -0.3 is 4.74 Å². The van der Waals surface area contributed by atoms with E-state index in [0.717, 1.165) is 27.9 Å². The summed E-state index contributed by atoms with van der Waals surface area (Å²) in [5.41, 5.74) is 5.28. The molecule has 0 atom stereocenters. The van der Waals surface area contributed by atoms with Crippen LogP contribution in [0.15, 0.2) is 47.8 Å². The van der Waals surface area contributed by atoms with Gasteiger partial charge in [-0.25, -0.2) is 4.85 Å². The van der Waals surface area contributed by atoms with E-state index < -0.39 is 0 Å². The molecule has 26 heavy (non-hydrogen) atoms. The van der Waals surface area contributed by atoms with Crippen LogP contribution in [0.25, 0.3) is 27.6 Å². The first kappa shape index (κ1) is 20.5. The van der Waals surface area contributed by atoms with Crippen molar-refractivity contribution in [1.82, 2.24) is 4.98 Å². The fraction of sp³-hybridized carbons (Fsp3) is 0.143. The number of aryl methyl sites for hydroxylation is 2. The maximum atomic E-state index is 7.68. The zero-order valence-corrected chi connectivity index (χ0v) is 18.6. The molecule has 3 rings (SSSR count). The maximum absolute atomic E-state index is 7.68. The van der Waals surface area contributed by atoms with E-state index in [9.17, 15) is 0 Å². The summed E-state index contributed by atoms with van der Waals surface area (Å²) < 4.78 is 5.65. The van der Waals surface area contributed by atoms with E-state index in [-0.39, 0.29) is 32.7 Å². The normalized spacial score (nSPS) is 11.2. The summed E-state index contributed by atoms with van der Waals surface area (Å²) in [5.74, 6) is 0.573. The molecule has 0 aliphatic carbocycles. The number of hydrogen-bond acceptors (Lipinski definition) is 3. The van der Waals surface area contributed by atoms with Gasteiger partial charge in [-0.2, -0.15) is 0 Å². The van der Waals surface area contributed by atoms with Gasteiger partial charge in [0.1, 0.15) is 10.8 Å². The third-order valence-corrected chi connectivity index (χ3v) is 4.78. The van der Waals surface area contributed by atoms with Crippen molar-refractivity contribution in [2.45, 2.75) is 13.8 Å². The Balaban J connectivity index is 0.00000243. The van der Waals surface area contributed by atoms with Gasteiger partial charge in [0.15, 0.2) is 0 Å². The van der Waals surface area contributed by atoms with Gasteiger partial charge in [0.25, 0.3) is 5.70 Å². The predicted molar refractivity (Wildman–Crippen MR) is 103 cm³/mol. The molecule has 0 saturated heterocycles. The van der Waals surface area contributed by atoms with E-state index in [1.54, 1.807) is 7.11 Å². The molecule has 2 aromatic carbocycles. The van der Waals surface area contributed by atoms with Crippen molar-refractivity contribution < 1.29 is 37.4 Å². The molecule has 0 N–H and O–H groups in total. The van der Waals surface area contributed by atoms with Gasteiger partial charge >= 0.3 is 0 Å². The number of nitrogens with zero attached hydrogens (tertiary/aromatic N) is 2. The van der Waals surface area contributed by atoms with Gasteiger partial charge in [-0.05, 0) is 36.0 Å². The molecule has 1 heterocycles. The van der Waals surface area contributed by atoms with Crippen molar-refractivity contribution in [2.24, 2.45) is 0 Å². The smallest absolute Gasteiger partial charge is 0.262 e. The van der Waals surface area contributed by atoms with Crippen LogP contribution in [0.5, 0.6) is 0 Å². The van der Waals surface area contributed by atoms with Gasteiger partial charge in [0.05, 0.1) is 13.7 Å². The third-order valence-electron chi connectivity index (χ3n) is 3.93. The van der Waals surface area contributed by atoms with Crippen molar-refractivity contribution in [1.29, 1.82) is 0 Å². The Bertz CT molecular complexity index is 951. The average molecular weight is 434 g/mol. The van der Waals surface area contributed by atoms with Crippen LogP contribution in [0.1, 0.15) is 21.7 Å². The molecule has 0 amide bonds. The molecule has 3 nitrogen and oxygen atoms in total. The van der Waals surface area contributed by atoms with E-state index in [1.807, 2.05) is 61.7 Å². The molecule has 0 bridgehead atoms. The number of hydrogen-bond donors (Lipinski definition) is 0. The maximum Gasteiger partial charge on any atom is 0.262 e. The van der Waals surface area contributed by atoms with Crippen LogP contribution < -0.4 is 0 Å². The fourth-order valence-electron chi connectivity index (χ4n) is 2.74. The van der Waals surface area contributed by atoms with Gasteiger partial charge in [0.2, 0.25) is 0 Å². The van der Waals surface area contributed by atoms with Crippen LogP contribution in [0.2, 0.25) is 0 Å². The number of thiazole rings is 1. The quantitative estimate of drug-likeness (QED) is 0.394. The van der Waals surface area contributed by atoms with E-state index in [1.165, 1.54) is 11.3 Å². The van der Waals surface area contributed by atoms with E-state index in [2.05, 4.69) is 15.9 Å². The van der Waals surface area contributed by atoms with Gasteiger partial charge in [-0.3, -0.25) is 4.98 Å². The number of ether oxygens (including phenoxy) is 1. The standard InChI is InChI=1S/C21H17N2OS.Y/c1-14-9-8-10-15(2)18(14)20(24-4)19(22-3)21-23-17(13-25-21)16-11-6-5-7-12-16;/h5-11,13H,1-2,4H3;/q-1;/b20-19+;. The van der Waals surface area contributed by atoms with Gasteiger partial charge in [-0.15, -0.1) is 47.2 Å². The number of rotatable bonds is 4. The first-order chi connectivity index (χ1) is 12.2. The SMILES string of the molecule is [C-]#[N+]/C(=C(/OC)c1c(C)cccc1C)c1nc(-c2[c-]cccc2)cs1.[Y]. The second-order valence-corrected chi connectivity index (χ2v) is 6.43. The molecule has 1 radical (unpaired) electrons. The van der Waals surface area contributed by atoms with Crippen molar-refractivity contribution in [2.75, 3.05) is 7.11 Å². The van der Waals surface area contributed by atoms with Crippen LogP contribution in [0.4, 0.5) is 0 Å². The van der Waals surface area contributed by atoms with Gasteiger partial charge in [0, 0.05) is 38.3 Å². The molecular weight excluding hydrogens is 417 g/mol. The summed E-state index contributed by atoms with van der Waals surface area (Å²) >= 11 is 1.44. The first-order valence-corrected chi connectivity index (χ1v) is 8.69. The molecular formula is C21H17N2OSY-. The second-order valence-electron chi connectivity index (χ2n) is 5.57. The van der Waals surface area contributed by atoms with Crippen LogP contribution in [0.3, 0.4) is 0 Å². The summed E-state index contributed by atoms with van der Waals surface area (Å²) in [6.07, 6.45) is 0. The number of benzene rings is 2. The summed E-state index contributed by atoms with van der Waals surface area (Å²) in [6, 6.07) is 16.9. The van der Waals surface area contributed by atoms with Crippen LogP contribution in [-0.4, -0.2) is 12.1 Å². The zero-order valence-electron chi connectivity index (χ0n) is 14.9. The Morgan fingerprint density at radius 3 is 2.46 bits per heavy atom. The van der Waals surface area contributed by atoms with Crippen molar-refractivity contribution in [3.63, 3.8) is 0 Å². The van der Waals surface area contributed by atoms with E-state index in [4.69, 9.17) is 11.3 Å². The molecule has 0 aliphatic rings. The summed E-state index contributed by atoms with van der Waals surface area (Å²) in [7, 11) is 1.60. The Hall–Kier alpha value is -1.80. The summed E-state index contributed by atoms with van der Waals surface area (Å²) in [6.45, 7) is 11.7. The molecule has 0 saturated carbocycles. The molecule has 1 aromatic heterocycles. The Morgan fingerprint density at radius 1 is 1.15 bits per heavy atom. The Morgan fingerprint density at radius 2 is 1.88 bits per heavy atom. The fourth-order valence-corrected chi connectivity index (χ4v) is 3.55.